The Balaban J connectivity index is 2.18. The van der Waals surface area contributed by atoms with E-state index >= 15 is 0 Å². The Morgan fingerprint density at radius 3 is 2.79 bits per heavy atom. The lowest BCUT2D eigenvalue weighted by molar-refractivity contribution is 0.386. The topological polar surface area (TPSA) is 22.1 Å². The molecule has 0 amide bonds. The highest BCUT2D eigenvalue weighted by atomic mass is 35.5. The lowest BCUT2D eigenvalue weighted by atomic mass is 10.0. The van der Waals surface area contributed by atoms with Gasteiger partial charge in [0.1, 0.15) is 0 Å². The summed E-state index contributed by atoms with van der Waals surface area (Å²) in [7, 11) is 1.42. The smallest absolute Gasteiger partial charge is 0.165 e. The van der Waals surface area contributed by atoms with E-state index in [1.807, 2.05) is 0 Å². The Morgan fingerprint density at radius 1 is 1.37 bits per heavy atom. The highest BCUT2D eigenvalue weighted by Gasteiger charge is 2.13. The first-order valence-electron chi connectivity index (χ1n) is 5.67. The summed E-state index contributed by atoms with van der Waals surface area (Å²) in [6, 6.07) is 6.49. The van der Waals surface area contributed by atoms with Crippen molar-refractivity contribution in [1.82, 2.24) is 4.98 Å². The van der Waals surface area contributed by atoms with E-state index in [1.165, 1.54) is 13.2 Å². The summed E-state index contributed by atoms with van der Waals surface area (Å²) >= 11 is 12.3. The molecule has 2 nitrogen and oxygen atoms in total. The highest BCUT2D eigenvalue weighted by Crippen LogP contribution is 2.30. The van der Waals surface area contributed by atoms with Gasteiger partial charge in [-0.3, -0.25) is 4.98 Å². The average molecular weight is 300 g/mol. The second-order valence-corrected chi connectivity index (χ2v) is 4.97. The molecule has 0 aliphatic heterocycles. The number of alkyl halides is 1. The highest BCUT2D eigenvalue weighted by molar-refractivity contribution is 6.31. The van der Waals surface area contributed by atoms with E-state index in [-0.39, 0.29) is 11.1 Å². The van der Waals surface area contributed by atoms with Crippen LogP contribution in [0.1, 0.15) is 16.5 Å². The minimum absolute atomic E-state index is 0.203. The predicted molar refractivity (Wildman–Crippen MR) is 74.5 cm³/mol. The normalized spacial score (nSPS) is 12.2. The molecule has 1 atom stereocenters. The Hall–Kier alpha value is -1.32. The van der Waals surface area contributed by atoms with Crippen LogP contribution in [0.4, 0.5) is 4.39 Å². The minimum atomic E-state index is -0.425. The molecule has 0 aliphatic carbocycles. The fraction of sp³-hybridized carbons (Fsp3) is 0.214. The van der Waals surface area contributed by atoms with Crippen LogP contribution < -0.4 is 4.74 Å². The summed E-state index contributed by atoms with van der Waals surface area (Å²) < 4.78 is 18.5. The van der Waals surface area contributed by atoms with Crippen LogP contribution >= 0.6 is 23.2 Å². The van der Waals surface area contributed by atoms with Gasteiger partial charge in [-0.05, 0) is 35.7 Å². The number of hydrogen-bond donors (Lipinski definition) is 0. The first-order valence-corrected chi connectivity index (χ1v) is 6.49. The van der Waals surface area contributed by atoms with Gasteiger partial charge in [0.05, 0.1) is 17.5 Å². The van der Waals surface area contributed by atoms with E-state index in [0.29, 0.717) is 17.0 Å². The van der Waals surface area contributed by atoms with Gasteiger partial charge in [0.15, 0.2) is 11.6 Å². The maximum absolute atomic E-state index is 13.6. The van der Waals surface area contributed by atoms with Gasteiger partial charge in [0, 0.05) is 12.4 Å². The molecule has 1 aromatic carbocycles. The third-order valence-corrected chi connectivity index (χ3v) is 3.54. The minimum Gasteiger partial charge on any atom is -0.494 e. The summed E-state index contributed by atoms with van der Waals surface area (Å²) in [5.74, 6) is -0.221. The molecule has 100 valence electrons. The zero-order valence-corrected chi connectivity index (χ0v) is 11.7. The molecule has 0 radical (unpaired) electrons. The molecule has 19 heavy (non-hydrogen) atoms. The molecule has 0 saturated carbocycles. The molecule has 1 heterocycles. The zero-order chi connectivity index (χ0) is 13.8. The van der Waals surface area contributed by atoms with Crippen LogP contribution in [-0.2, 0) is 6.42 Å². The van der Waals surface area contributed by atoms with E-state index in [1.54, 1.807) is 30.6 Å². The molecule has 0 bridgehead atoms. The van der Waals surface area contributed by atoms with Gasteiger partial charge in [-0.2, -0.15) is 0 Å². The van der Waals surface area contributed by atoms with E-state index in [4.69, 9.17) is 27.9 Å². The van der Waals surface area contributed by atoms with Gasteiger partial charge >= 0.3 is 0 Å². The maximum Gasteiger partial charge on any atom is 0.165 e. The van der Waals surface area contributed by atoms with Crippen LogP contribution in [-0.4, -0.2) is 12.1 Å². The van der Waals surface area contributed by atoms with Crippen molar-refractivity contribution in [2.75, 3.05) is 7.11 Å². The number of benzene rings is 1. The number of rotatable bonds is 4. The van der Waals surface area contributed by atoms with Crippen LogP contribution in [0.25, 0.3) is 0 Å². The van der Waals surface area contributed by atoms with Crippen molar-refractivity contribution in [1.29, 1.82) is 0 Å². The van der Waals surface area contributed by atoms with Crippen LogP contribution in [0.2, 0.25) is 5.02 Å². The SMILES string of the molecule is COc1ccc(C(Cl)Cc2ccncc2Cl)cc1F. The molecule has 2 aromatic rings. The molecular weight excluding hydrogens is 288 g/mol. The molecule has 0 fully saturated rings. The first-order chi connectivity index (χ1) is 9.11. The Labute approximate surface area is 121 Å². The van der Waals surface area contributed by atoms with Crippen molar-refractivity contribution < 1.29 is 9.13 Å². The Kier molecular flexibility index (Phi) is 4.61. The number of methoxy groups -OCH3 is 1. The van der Waals surface area contributed by atoms with Crippen molar-refractivity contribution in [3.63, 3.8) is 0 Å². The summed E-state index contributed by atoms with van der Waals surface area (Å²) in [6.07, 6.45) is 3.73. The number of nitrogens with zero attached hydrogens (tertiary/aromatic N) is 1. The quantitative estimate of drug-likeness (QED) is 0.780. The fourth-order valence-corrected chi connectivity index (χ4v) is 2.26. The van der Waals surface area contributed by atoms with E-state index in [9.17, 15) is 4.39 Å². The lowest BCUT2D eigenvalue weighted by Crippen LogP contribution is -1.98. The third-order valence-electron chi connectivity index (χ3n) is 2.79. The van der Waals surface area contributed by atoms with E-state index in [0.717, 1.165) is 5.56 Å². The number of halogens is 3. The molecule has 0 aliphatic rings. The molecule has 0 saturated heterocycles. The molecule has 5 heteroatoms. The van der Waals surface area contributed by atoms with Crippen LogP contribution in [0.5, 0.6) is 5.75 Å². The average Bonchev–Trinajstić information content (AvgIpc) is 2.41. The van der Waals surface area contributed by atoms with Crippen molar-refractivity contribution in [3.8, 4) is 5.75 Å². The summed E-state index contributed by atoms with van der Waals surface area (Å²) in [6.45, 7) is 0. The van der Waals surface area contributed by atoms with Gasteiger partial charge in [-0.25, -0.2) is 4.39 Å². The second-order valence-electron chi connectivity index (χ2n) is 4.03. The first kappa shape index (κ1) is 14.1. The molecule has 2 rings (SSSR count). The third kappa shape index (κ3) is 3.37. The molecule has 0 N–H and O–H groups in total. The predicted octanol–water partition coefficient (Wildman–Crippen LogP) is 4.41. The van der Waals surface area contributed by atoms with Crippen molar-refractivity contribution in [3.05, 3.63) is 58.6 Å². The van der Waals surface area contributed by atoms with Crippen LogP contribution in [0, 0.1) is 5.82 Å². The largest absolute Gasteiger partial charge is 0.494 e. The summed E-state index contributed by atoms with van der Waals surface area (Å²) in [5, 5.41) is 0.197. The number of aromatic nitrogens is 1. The summed E-state index contributed by atoms with van der Waals surface area (Å²) in [5.41, 5.74) is 1.57. The van der Waals surface area contributed by atoms with E-state index < -0.39 is 5.82 Å². The maximum atomic E-state index is 13.6. The van der Waals surface area contributed by atoms with Gasteiger partial charge in [0.25, 0.3) is 0 Å². The number of hydrogen-bond acceptors (Lipinski definition) is 2. The van der Waals surface area contributed by atoms with Gasteiger partial charge < -0.3 is 4.74 Å². The van der Waals surface area contributed by atoms with Gasteiger partial charge in [0.2, 0.25) is 0 Å². The van der Waals surface area contributed by atoms with Crippen molar-refractivity contribution in [2.24, 2.45) is 0 Å². The van der Waals surface area contributed by atoms with E-state index in [2.05, 4.69) is 4.98 Å². The van der Waals surface area contributed by atoms with Crippen LogP contribution in [0.15, 0.2) is 36.7 Å². The summed E-state index contributed by atoms with van der Waals surface area (Å²) in [4.78, 5) is 3.91. The molecule has 0 spiro atoms. The van der Waals surface area contributed by atoms with Crippen LogP contribution in [0.3, 0.4) is 0 Å². The fourth-order valence-electron chi connectivity index (χ4n) is 1.76. The van der Waals surface area contributed by atoms with Crippen molar-refractivity contribution in [2.45, 2.75) is 11.8 Å². The lowest BCUT2D eigenvalue weighted by Gasteiger charge is -2.12. The molecule has 1 aromatic heterocycles. The Bertz CT molecular complexity index is 577. The molecular formula is C14H12Cl2FNO. The number of ether oxygens (including phenoxy) is 1. The standard InChI is InChI=1S/C14H12Cl2FNO/c1-19-14-3-2-9(7-13(14)17)11(15)6-10-4-5-18-8-12(10)16/h2-5,7-8,11H,6H2,1H3. The van der Waals surface area contributed by atoms with Crippen molar-refractivity contribution >= 4 is 23.2 Å². The monoisotopic (exact) mass is 299 g/mol. The van der Waals surface area contributed by atoms with Gasteiger partial charge in [-0.1, -0.05) is 17.7 Å². The zero-order valence-electron chi connectivity index (χ0n) is 10.2. The number of pyridine rings is 1. The molecule has 1 unspecified atom stereocenters. The Morgan fingerprint density at radius 2 is 2.16 bits per heavy atom. The second kappa shape index (κ2) is 6.22. The van der Waals surface area contributed by atoms with Gasteiger partial charge in [-0.15, -0.1) is 11.6 Å².